The summed E-state index contributed by atoms with van der Waals surface area (Å²) in [6.07, 6.45) is 6.62. The van der Waals surface area contributed by atoms with E-state index >= 15 is 0 Å². The molecule has 2 aliphatic heterocycles. The molecular formula is C13H21N3O2. The van der Waals surface area contributed by atoms with Gasteiger partial charge in [0.25, 0.3) is 0 Å². The van der Waals surface area contributed by atoms with Crippen LogP contribution in [-0.2, 0) is 16.0 Å². The van der Waals surface area contributed by atoms with Crippen molar-refractivity contribution in [1.82, 2.24) is 9.78 Å². The van der Waals surface area contributed by atoms with Gasteiger partial charge in [-0.1, -0.05) is 6.92 Å². The number of ether oxygens (including phenoxy) is 2. The summed E-state index contributed by atoms with van der Waals surface area (Å²) >= 11 is 0. The standard InChI is InChI=1S/C13H21N3O2/c1-13(9-17-10-13)8-14-11-5-15-16(6-11)7-12-3-2-4-18-12/h5-6,12,14H,2-4,7-10H2,1H3. The van der Waals surface area contributed by atoms with Gasteiger partial charge in [0.05, 0.1) is 37.7 Å². The molecule has 18 heavy (non-hydrogen) atoms. The van der Waals surface area contributed by atoms with Crippen LogP contribution in [0.5, 0.6) is 0 Å². The molecule has 0 aromatic carbocycles. The fourth-order valence-electron chi connectivity index (χ4n) is 2.42. The molecule has 0 amide bonds. The topological polar surface area (TPSA) is 48.3 Å². The summed E-state index contributed by atoms with van der Waals surface area (Å²) < 4.78 is 12.8. The molecule has 2 fully saturated rings. The van der Waals surface area contributed by atoms with E-state index in [4.69, 9.17) is 9.47 Å². The second-order valence-corrected chi connectivity index (χ2v) is 5.74. The van der Waals surface area contributed by atoms with Gasteiger partial charge in [0.2, 0.25) is 0 Å². The van der Waals surface area contributed by atoms with E-state index in [9.17, 15) is 0 Å². The summed E-state index contributed by atoms with van der Waals surface area (Å²) in [5.74, 6) is 0. The van der Waals surface area contributed by atoms with Crippen LogP contribution in [0.2, 0.25) is 0 Å². The van der Waals surface area contributed by atoms with Crippen molar-refractivity contribution in [3.63, 3.8) is 0 Å². The third-order valence-electron chi connectivity index (χ3n) is 3.67. The average Bonchev–Trinajstić information content (AvgIpc) is 2.96. The molecule has 1 N–H and O–H groups in total. The Kier molecular flexibility index (Phi) is 3.26. The van der Waals surface area contributed by atoms with Crippen molar-refractivity contribution >= 4 is 5.69 Å². The third-order valence-corrected chi connectivity index (χ3v) is 3.67. The lowest BCUT2D eigenvalue weighted by molar-refractivity contribution is -0.0924. The van der Waals surface area contributed by atoms with E-state index in [0.29, 0.717) is 6.10 Å². The van der Waals surface area contributed by atoms with Gasteiger partial charge in [-0.2, -0.15) is 5.10 Å². The van der Waals surface area contributed by atoms with Gasteiger partial charge in [-0.15, -0.1) is 0 Å². The molecule has 2 saturated heterocycles. The molecular weight excluding hydrogens is 230 g/mol. The Morgan fingerprint density at radius 1 is 1.56 bits per heavy atom. The second-order valence-electron chi connectivity index (χ2n) is 5.74. The highest BCUT2D eigenvalue weighted by molar-refractivity contribution is 5.38. The number of hydrogen-bond donors (Lipinski definition) is 1. The molecule has 5 nitrogen and oxygen atoms in total. The zero-order valence-electron chi connectivity index (χ0n) is 10.9. The molecule has 2 aliphatic rings. The normalized spacial score (nSPS) is 25.9. The van der Waals surface area contributed by atoms with E-state index in [1.54, 1.807) is 0 Å². The maximum Gasteiger partial charge on any atom is 0.0771 e. The quantitative estimate of drug-likeness (QED) is 0.861. The Morgan fingerprint density at radius 2 is 2.44 bits per heavy atom. The van der Waals surface area contributed by atoms with Crippen LogP contribution in [0.15, 0.2) is 12.4 Å². The van der Waals surface area contributed by atoms with Gasteiger partial charge in [0, 0.05) is 24.8 Å². The zero-order chi connectivity index (χ0) is 12.4. The Morgan fingerprint density at radius 3 is 3.11 bits per heavy atom. The Hall–Kier alpha value is -1.07. The van der Waals surface area contributed by atoms with Gasteiger partial charge in [-0.3, -0.25) is 4.68 Å². The van der Waals surface area contributed by atoms with Gasteiger partial charge in [-0.05, 0) is 12.8 Å². The smallest absolute Gasteiger partial charge is 0.0771 e. The van der Waals surface area contributed by atoms with Crippen LogP contribution < -0.4 is 5.32 Å². The van der Waals surface area contributed by atoms with Crippen molar-refractivity contribution < 1.29 is 9.47 Å². The molecule has 0 bridgehead atoms. The first-order valence-corrected chi connectivity index (χ1v) is 6.69. The van der Waals surface area contributed by atoms with Crippen molar-refractivity contribution in [2.45, 2.75) is 32.4 Å². The highest BCUT2D eigenvalue weighted by Gasteiger charge is 2.33. The zero-order valence-corrected chi connectivity index (χ0v) is 10.9. The second kappa shape index (κ2) is 4.90. The lowest BCUT2D eigenvalue weighted by Crippen LogP contribution is -2.45. The maximum atomic E-state index is 5.61. The average molecular weight is 251 g/mol. The fourth-order valence-corrected chi connectivity index (χ4v) is 2.42. The summed E-state index contributed by atoms with van der Waals surface area (Å²) in [7, 11) is 0. The van der Waals surface area contributed by atoms with E-state index in [0.717, 1.165) is 45.0 Å². The molecule has 1 unspecified atom stereocenters. The van der Waals surface area contributed by atoms with Gasteiger partial charge >= 0.3 is 0 Å². The Bertz CT molecular complexity index is 395. The summed E-state index contributed by atoms with van der Waals surface area (Å²) in [5.41, 5.74) is 1.37. The minimum Gasteiger partial charge on any atom is -0.382 e. The predicted octanol–water partition coefficient (Wildman–Crippen LogP) is 1.51. The summed E-state index contributed by atoms with van der Waals surface area (Å²) in [5, 5.41) is 7.80. The SMILES string of the molecule is CC1(CNc2cnn(CC3CCCO3)c2)COC1. The molecule has 0 saturated carbocycles. The van der Waals surface area contributed by atoms with Crippen molar-refractivity contribution in [3.05, 3.63) is 12.4 Å². The van der Waals surface area contributed by atoms with Crippen molar-refractivity contribution in [2.24, 2.45) is 5.41 Å². The third kappa shape index (κ3) is 2.67. The first kappa shape index (κ1) is 12.0. The molecule has 0 spiro atoms. The molecule has 3 rings (SSSR count). The van der Waals surface area contributed by atoms with Crippen LogP contribution in [0, 0.1) is 5.41 Å². The van der Waals surface area contributed by atoms with Crippen LogP contribution >= 0.6 is 0 Å². The monoisotopic (exact) mass is 251 g/mol. The van der Waals surface area contributed by atoms with Crippen LogP contribution in [0.3, 0.4) is 0 Å². The number of hydrogen-bond acceptors (Lipinski definition) is 4. The fraction of sp³-hybridized carbons (Fsp3) is 0.769. The van der Waals surface area contributed by atoms with Gasteiger partial charge < -0.3 is 14.8 Å². The predicted molar refractivity (Wildman–Crippen MR) is 68.6 cm³/mol. The Labute approximate surface area is 107 Å². The van der Waals surface area contributed by atoms with Crippen molar-refractivity contribution in [3.8, 4) is 0 Å². The Balaban J connectivity index is 1.49. The van der Waals surface area contributed by atoms with Gasteiger partial charge in [0.15, 0.2) is 0 Å². The summed E-state index contributed by atoms with van der Waals surface area (Å²) in [4.78, 5) is 0. The van der Waals surface area contributed by atoms with E-state index in [-0.39, 0.29) is 5.41 Å². The molecule has 0 radical (unpaired) electrons. The minimum atomic E-state index is 0.288. The highest BCUT2D eigenvalue weighted by atomic mass is 16.5. The van der Waals surface area contributed by atoms with Gasteiger partial charge in [-0.25, -0.2) is 0 Å². The van der Waals surface area contributed by atoms with Crippen LogP contribution in [0.4, 0.5) is 5.69 Å². The van der Waals surface area contributed by atoms with Gasteiger partial charge in [0.1, 0.15) is 0 Å². The molecule has 5 heteroatoms. The molecule has 1 aromatic rings. The van der Waals surface area contributed by atoms with E-state index < -0.39 is 0 Å². The van der Waals surface area contributed by atoms with E-state index in [2.05, 4.69) is 23.5 Å². The first-order chi connectivity index (χ1) is 8.73. The van der Waals surface area contributed by atoms with Crippen LogP contribution in [0.1, 0.15) is 19.8 Å². The summed E-state index contributed by atoms with van der Waals surface area (Å²) in [6.45, 7) is 6.64. The number of rotatable bonds is 5. The first-order valence-electron chi connectivity index (χ1n) is 6.69. The number of nitrogens with zero attached hydrogens (tertiary/aromatic N) is 2. The molecule has 100 valence electrons. The number of anilines is 1. The number of nitrogens with one attached hydrogen (secondary N) is 1. The van der Waals surface area contributed by atoms with Crippen molar-refractivity contribution in [2.75, 3.05) is 31.7 Å². The molecule has 3 heterocycles. The largest absolute Gasteiger partial charge is 0.382 e. The molecule has 0 aliphatic carbocycles. The van der Waals surface area contributed by atoms with E-state index in [1.807, 2.05) is 10.9 Å². The van der Waals surface area contributed by atoms with Crippen LogP contribution in [-0.4, -0.2) is 42.2 Å². The molecule has 1 aromatic heterocycles. The summed E-state index contributed by atoms with van der Waals surface area (Å²) in [6, 6.07) is 0. The lowest BCUT2D eigenvalue weighted by atomic mass is 9.89. The molecule has 1 atom stereocenters. The number of aromatic nitrogens is 2. The van der Waals surface area contributed by atoms with E-state index in [1.165, 1.54) is 6.42 Å². The minimum absolute atomic E-state index is 0.288. The maximum absolute atomic E-state index is 5.61. The van der Waals surface area contributed by atoms with Crippen LogP contribution in [0.25, 0.3) is 0 Å². The lowest BCUT2D eigenvalue weighted by Gasteiger charge is -2.38. The highest BCUT2D eigenvalue weighted by Crippen LogP contribution is 2.26. The van der Waals surface area contributed by atoms with Crippen molar-refractivity contribution in [1.29, 1.82) is 0 Å².